The zero-order chi connectivity index (χ0) is 14.6. The van der Waals surface area contributed by atoms with Crippen LogP contribution in [0.3, 0.4) is 0 Å². The topological polar surface area (TPSA) is 213 Å². The van der Waals surface area contributed by atoms with Gasteiger partial charge in [-0.2, -0.15) is 0 Å². The Labute approximate surface area is 122 Å². The van der Waals surface area contributed by atoms with Crippen LogP contribution in [0.15, 0.2) is 0 Å². The van der Waals surface area contributed by atoms with Gasteiger partial charge in [0, 0.05) is 0 Å². The zero-order valence-corrected chi connectivity index (χ0v) is 11.0. The Morgan fingerprint density at radius 2 is 1.00 bits per heavy atom. The summed E-state index contributed by atoms with van der Waals surface area (Å²) in [5.74, 6) is -6.27. The van der Waals surface area contributed by atoms with Crippen molar-refractivity contribution in [3.8, 4) is 0 Å². The molecule has 0 saturated carbocycles. The monoisotopic (exact) mass is 278 g/mol. The smallest absolute Gasteiger partial charge is 0.832 e. The SMILES string of the molecule is O=C(O)C(=O)O.O=C(O)CC(=O)O.[Na+].[O-]B(O)O. The second-order valence-corrected chi connectivity index (χ2v) is 1.90. The maximum absolute atomic E-state index is 9.43. The molecule has 11 nitrogen and oxygen atoms in total. The van der Waals surface area contributed by atoms with E-state index < -0.39 is 37.6 Å². The molecule has 0 saturated heterocycles. The van der Waals surface area contributed by atoms with Crippen LogP contribution in [0.1, 0.15) is 6.42 Å². The molecule has 0 spiro atoms. The Hall–Kier alpha value is -1.18. The fourth-order valence-corrected chi connectivity index (χ4v) is 0.129. The third kappa shape index (κ3) is 60.8. The van der Waals surface area contributed by atoms with Crippen molar-refractivity contribution >= 4 is 31.2 Å². The molecule has 6 N–H and O–H groups in total. The van der Waals surface area contributed by atoms with Gasteiger partial charge in [-0.25, -0.2) is 9.59 Å². The third-order valence-corrected chi connectivity index (χ3v) is 0.485. The van der Waals surface area contributed by atoms with Crippen molar-refractivity contribution in [1.29, 1.82) is 0 Å². The van der Waals surface area contributed by atoms with Gasteiger partial charge < -0.3 is 35.5 Å². The van der Waals surface area contributed by atoms with E-state index in [4.69, 9.17) is 45.1 Å². The Morgan fingerprint density at radius 1 is 0.833 bits per heavy atom. The molecule has 98 valence electrons. The largest absolute Gasteiger partial charge is 1.00 e. The van der Waals surface area contributed by atoms with E-state index in [0.717, 1.165) is 0 Å². The van der Waals surface area contributed by atoms with Crippen LogP contribution in [0.4, 0.5) is 0 Å². The molecule has 0 aromatic heterocycles. The summed E-state index contributed by atoms with van der Waals surface area (Å²) in [7, 11) is -2.42. The quantitative estimate of drug-likeness (QED) is 0.158. The van der Waals surface area contributed by atoms with E-state index in [1.165, 1.54) is 0 Å². The van der Waals surface area contributed by atoms with E-state index >= 15 is 0 Å². The molecule has 0 atom stereocenters. The van der Waals surface area contributed by atoms with Gasteiger partial charge in [0.25, 0.3) is 0 Å². The van der Waals surface area contributed by atoms with E-state index in [0.29, 0.717) is 0 Å². The summed E-state index contributed by atoms with van der Waals surface area (Å²) >= 11 is 0. The number of carboxylic acid groups (broad SMARTS) is 4. The van der Waals surface area contributed by atoms with Crippen LogP contribution in [-0.2, 0) is 19.2 Å². The van der Waals surface area contributed by atoms with Crippen molar-refractivity contribution in [2.45, 2.75) is 6.42 Å². The van der Waals surface area contributed by atoms with Gasteiger partial charge >= 0.3 is 60.8 Å². The van der Waals surface area contributed by atoms with Crippen LogP contribution in [0.5, 0.6) is 0 Å². The fraction of sp³-hybridized carbons (Fsp3) is 0.200. The number of carboxylic acids is 4. The molecule has 0 radical (unpaired) electrons. The first-order chi connectivity index (χ1) is 7.50. The summed E-state index contributed by atoms with van der Waals surface area (Å²) in [4.78, 5) is 37.1. The molecule has 0 amide bonds. The van der Waals surface area contributed by atoms with Gasteiger partial charge in [0.1, 0.15) is 6.42 Å². The van der Waals surface area contributed by atoms with Crippen molar-refractivity contribution in [3.05, 3.63) is 0 Å². The predicted molar refractivity (Wildman–Crippen MR) is 45.4 cm³/mol. The van der Waals surface area contributed by atoms with Gasteiger partial charge in [-0.05, 0) is 0 Å². The average Bonchev–Trinajstić information content (AvgIpc) is 2.00. The maximum Gasteiger partial charge on any atom is 1.00 e. The summed E-state index contributed by atoms with van der Waals surface area (Å²) in [5.41, 5.74) is 0. The molecule has 0 aromatic rings. The molecule has 0 bridgehead atoms. The van der Waals surface area contributed by atoms with Crippen molar-refractivity contribution < 1.29 is 84.2 Å². The summed E-state index contributed by atoms with van der Waals surface area (Å²) < 4.78 is 0. The molecule has 0 rings (SSSR count). The second-order valence-electron chi connectivity index (χ2n) is 1.90. The Morgan fingerprint density at radius 3 is 1.00 bits per heavy atom. The number of hydrogen-bond donors (Lipinski definition) is 6. The number of aliphatic carboxylic acids is 4. The molecule has 0 heterocycles. The molecule has 0 aliphatic carbocycles. The predicted octanol–water partition coefficient (Wildman–Crippen LogP) is -6.98. The van der Waals surface area contributed by atoms with Crippen LogP contribution in [-0.4, -0.2) is 61.7 Å². The summed E-state index contributed by atoms with van der Waals surface area (Å²) in [5, 5.41) is 52.9. The van der Waals surface area contributed by atoms with Gasteiger partial charge in [-0.15, -0.1) is 0 Å². The van der Waals surface area contributed by atoms with E-state index in [2.05, 4.69) is 0 Å². The van der Waals surface area contributed by atoms with Crippen LogP contribution in [0.25, 0.3) is 0 Å². The Balaban J connectivity index is -0.0000000823. The van der Waals surface area contributed by atoms with E-state index in [-0.39, 0.29) is 29.6 Å². The second kappa shape index (κ2) is 15.8. The van der Waals surface area contributed by atoms with Crippen LogP contribution in [0, 0.1) is 0 Å². The molecule has 0 aromatic carbocycles. The average molecular weight is 278 g/mol. The number of hydrogen-bond acceptors (Lipinski definition) is 7. The van der Waals surface area contributed by atoms with Crippen molar-refractivity contribution in [1.82, 2.24) is 0 Å². The fourth-order valence-electron chi connectivity index (χ4n) is 0.129. The molecule has 18 heavy (non-hydrogen) atoms. The minimum absolute atomic E-state index is 0. The first-order valence-electron chi connectivity index (χ1n) is 3.42. The van der Waals surface area contributed by atoms with Crippen LogP contribution in [0.2, 0.25) is 0 Å². The third-order valence-electron chi connectivity index (χ3n) is 0.485. The van der Waals surface area contributed by atoms with Gasteiger partial charge in [-0.1, -0.05) is 0 Å². The molecular weight excluding hydrogens is 270 g/mol. The molecule has 0 fully saturated rings. The zero-order valence-electron chi connectivity index (χ0n) is 9.01. The summed E-state index contributed by atoms with van der Waals surface area (Å²) in [6.07, 6.45) is -0.806. The minimum atomic E-state index is -2.42. The van der Waals surface area contributed by atoms with E-state index in [1.807, 2.05) is 0 Å². The summed E-state index contributed by atoms with van der Waals surface area (Å²) in [6, 6.07) is 0. The van der Waals surface area contributed by atoms with Gasteiger partial charge in [-0.3, -0.25) is 9.59 Å². The van der Waals surface area contributed by atoms with Crippen molar-refractivity contribution in [3.63, 3.8) is 0 Å². The first kappa shape index (κ1) is 25.6. The molecule has 0 aliphatic rings. The Bertz CT molecular complexity index is 250. The molecule has 13 heteroatoms. The van der Waals surface area contributed by atoms with Gasteiger partial charge in [0.15, 0.2) is 0 Å². The normalized spacial score (nSPS) is 7.06. The minimum Gasteiger partial charge on any atom is -0.832 e. The van der Waals surface area contributed by atoms with Crippen LogP contribution < -0.4 is 34.6 Å². The van der Waals surface area contributed by atoms with Gasteiger partial charge in [0.2, 0.25) is 0 Å². The standard InChI is InChI=1S/C3H4O4.C2H2O4.BH2O3.Na/c4-2(5)1-3(6)7;3-1(4)2(5)6;2-1(3)4;/h1H2,(H,4,5)(H,6,7);(H,3,4)(H,5,6);2-3H;/q;;-1;+1. The van der Waals surface area contributed by atoms with E-state index in [9.17, 15) is 9.59 Å². The first-order valence-corrected chi connectivity index (χ1v) is 3.42. The number of rotatable bonds is 2. The van der Waals surface area contributed by atoms with Gasteiger partial charge in [0.05, 0.1) is 0 Å². The van der Waals surface area contributed by atoms with E-state index in [1.54, 1.807) is 0 Å². The maximum atomic E-state index is 9.43. The number of carbonyl (C=O) groups is 4. The summed E-state index contributed by atoms with van der Waals surface area (Å²) in [6.45, 7) is 0. The molecule has 0 unspecified atom stereocenters. The molecule has 0 aliphatic heterocycles. The van der Waals surface area contributed by atoms with Crippen LogP contribution >= 0.6 is 0 Å². The van der Waals surface area contributed by atoms with Crippen molar-refractivity contribution in [2.24, 2.45) is 0 Å². The Kier molecular flexibility index (Phi) is 22.5. The molecular formula is C5H8BNaO11. The van der Waals surface area contributed by atoms with Crippen molar-refractivity contribution in [2.75, 3.05) is 0 Å².